The van der Waals surface area contributed by atoms with Crippen LogP contribution in [0.15, 0.2) is 0 Å². The second-order valence-electron chi connectivity index (χ2n) is 3.48. The summed E-state index contributed by atoms with van der Waals surface area (Å²) in [5.74, 6) is 0.791. The predicted octanol–water partition coefficient (Wildman–Crippen LogP) is 3.12. The molecule has 0 spiro atoms. The summed E-state index contributed by atoms with van der Waals surface area (Å²) < 4.78 is 30.9. The van der Waals surface area contributed by atoms with Gasteiger partial charge in [-0.2, -0.15) is 8.78 Å². The number of halogens is 2. The number of hydrogen-bond acceptors (Lipinski definition) is 2. The molecule has 5 heteroatoms. The molecule has 0 aromatic heterocycles. The molecule has 0 saturated heterocycles. The van der Waals surface area contributed by atoms with Gasteiger partial charge in [-0.05, 0) is 18.8 Å². The van der Waals surface area contributed by atoms with Crippen LogP contribution < -0.4 is 5.73 Å². The van der Waals surface area contributed by atoms with Gasteiger partial charge in [0.2, 0.25) is 5.91 Å². The van der Waals surface area contributed by atoms with Gasteiger partial charge >= 0.3 is 5.92 Å². The van der Waals surface area contributed by atoms with Gasteiger partial charge in [0.05, 0.1) is 6.10 Å². The number of rotatable bonds is 3. The van der Waals surface area contributed by atoms with E-state index in [9.17, 15) is 13.6 Å². The number of nitrogens with two attached hydrogens (primary N) is 1. The largest absolute Gasteiger partial charge is 0.368 e. The van der Waals surface area contributed by atoms with Crippen molar-refractivity contribution < 1.29 is 18.3 Å². The average Bonchev–Trinajstić information content (AvgIpc) is 2.39. The monoisotopic (exact) mass is 277 g/mol. The molecule has 112 valence electrons. The Morgan fingerprint density at radius 1 is 1.32 bits per heavy atom. The van der Waals surface area contributed by atoms with Gasteiger partial charge in [0.25, 0.3) is 0 Å². The second kappa shape index (κ2) is 11.9. The Morgan fingerprint density at radius 3 is 2.42 bits per heavy atom. The fraction of sp³-hybridized carbons (Fsp3) is 0.786. The first-order chi connectivity index (χ1) is 8.99. The van der Waals surface area contributed by atoms with Crippen molar-refractivity contribution in [2.45, 2.75) is 65.4 Å². The first-order valence-electron chi connectivity index (χ1n) is 6.77. The van der Waals surface area contributed by atoms with Crippen molar-refractivity contribution in [3.63, 3.8) is 0 Å². The van der Waals surface area contributed by atoms with Crippen molar-refractivity contribution >= 4 is 5.91 Å². The van der Waals surface area contributed by atoms with Crippen LogP contribution in [0, 0.1) is 11.8 Å². The average molecular weight is 277 g/mol. The lowest BCUT2D eigenvalue weighted by Crippen LogP contribution is -2.26. The van der Waals surface area contributed by atoms with E-state index in [1.54, 1.807) is 0 Å². The highest BCUT2D eigenvalue weighted by atomic mass is 19.3. The first kappa shape index (κ1) is 20.2. The summed E-state index contributed by atoms with van der Waals surface area (Å²) in [5.41, 5.74) is 4.89. The molecule has 0 saturated carbocycles. The summed E-state index contributed by atoms with van der Waals surface area (Å²) in [6, 6.07) is 0. The number of carbonyl (C=O) groups excluding carboxylic acids is 1. The lowest BCUT2D eigenvalue weighted by atomic mass is 10.0. The van der Waals surface area contributed by atoms with E-state index in [1.165, 1.54) is 0 Å². The van der Waals surface area contributed by atoms with E-state index in [1.807, 2.05) is 33.6 Å². The molecule has 1 aliphatic rings. The van der Waals surface area contributed by atoms with Crippen molar-refractivity contribution in [2.75, 3.05) is 6.61 Å². The van der Waals surface area contributed by atoms with Crippen molar-refractivity contribution in [1.29, 1.82) is 0 Å². The summed E-state index contributed by atoms with van der Waals surface area (Å²) in [6.45, 7) is 7.78. The lowest BCUT2D eigenvalue weighted by Gasteiger charge is -2.19. The molecular formula is C14H25F2NO2. The molecule has 1 amide bonds. The van der Waals surface area contributed by atoms with Crippen LogP contribution in [0.25, 0.3) is 0 Å². The fourth-order valence-corrected chi connectivity index (χ4v) is 1.34. The molecule has 0 fully saturated rings. The third-order valence-corrected chi connectivity index (χ3v) is 2.10. The maximum Gasteiger partial charge on any atom is 0.308 e. The Bertz CT molecular complexity index is 296. The summed E-state index contributed by atoms with van der Waals surface area (Å²) in [7, 11) is 0. The van der Waals surface area contributed by atoms with E-state index in [0.29, 0.717) is 12.8 Å². The van der Waals surface area contributed by atoms with Gasteiger partial charge in [-0.25, -0.2) is 0 Å². The van der Waals surface area contributed by atoms with Crippen LogP contribution in [0.5, 0.6) is 0 Å². The number of alkyl halides is 2. The number of ether oxygens (including phenoxy) is 1. The molecule has 19 heavy (non-hydrogen) atoms. The third-order valence-electron chi connectivity index (χ3n) is 2.10. The molecule has 0 aliphatic heterocycles. The summed E-state index contributed by atoms with van der Waals surface area (Å²) in [4.78, 5) is 10.4. The molecule has 0 radical (unpaired) electrons. The van der Waals surface area contributed by atoms with Gasteiger partial charge in [-0.3, -0.25) is 4.79 Å². The van der Waals surface area contributed by atoms with Crippen LogP contribution in [-0.2, 0) is 9.53 Å². The number of primary amides is 1. The predicted molar refractivity (Wildman–Crippen MR) is 72.8 cm³/mol. The quantitative estimate of drug-likeness (QED) is 0.806. The van der Waals surface area contributed by atoms with E-state index < -0.39 is 11.8 Å². The summed E-state index contributed by atoms with van der Waals surface area (Å²) >= 11 is 0. The van der Waals surface area contributed by atoms with Crippen LogP contribution in [0.4, 0.5) is 8.78 Å². The lowest BCUT2D eigenvalue weighted by molar-refractivity contribution is -0.125. The van der Waals surface area contributed by atoms with Crippen LogP contribution in [0.3, 0.4) is 0 Å². The highest BCUT2D eigenvalue weighted by molar-refractivity contribution is 5.75. The Kier molecular flexibility index (Phi) is 12.6. The van der Waals surface area contributed by atoms with E-state index in [-0.39, 0.29) is 25.6 Å². The molecule has 0 heterocycles. The second-order valence-corrected chi connectivity index (χ2v) is 3.48. The van der Waals surface area contributed by atoms with Crippen LogP contribution in [0.2, 0.25) is 0 Å². The molecule has 0 bridgehead atoms. The van der Waals surface area contributed by atoms with Crippen molar-refractivity contribution in [2.24, 2.45) is 5.73 Å². The van der Waals surface area contributed by atoms with Gasteiger partial charge < -0.3 is 10.5 Å². The van der Waals surface area contributed by atoms with Crippen molar-refractivity contribution in [3.05, 3.63) is 0 Å². The van der Waals surface area contributed by atoms with Crippen LogP contribution in [0.1, 0.15) is 53.4 Å². The van der Waals surface area contributed by atoms with Crippen LogP contribution >= 0.6 is 0 Å². The summed E-state index contributed by atoms with van der Waals surface area (Å²) in [5, 5.41) is 0. The Morgan fingerprint density at radius 2 is 1.89 bits per heavy atom. The molecule has 1 rings (SSSR count). The standard InChI is InChI=1S/C10H13F2NO2.2C2H6/c11-10(12)5-2-1-3-8(4-6-10)15-7-9(13)14;2*1-2/h8H,1,3-4,6-7H2,(H2,13,14);2*1-2H3. The van der Waals surface area contributed by atoms with E-state index in [4.69, 9.17) is 10.5 Å². The third kappa shape index (κ3) is 11.7. The topological polar surface area (TPSA) is 52.3 Å². The number of carbonyl (C=O) groups is 1. The molecule has 3 nitrogen and oxygen atoms in total. The molecule has 0 aromatic rings. The van der Waals surface area contributed by atoms with Gasteiger partial charge in [0.15, 0.2) is 0 Å². The minimum atomic E-state index is -2.94. The minimum Gasteiger partial charge on any atom is -0.368 e. The maximum absolute atomic E-state index is 12.9. The molecule has 0 aromatic carbocycles. The molecule has 1 atom stereocenters. The normalized spacial score (nSPS) is 20.0. The zero-order chi connectivity index (χ0) is 15.3. The van der Waals surface area contributed by atoms with Gasteiger partial charge in [0, 0.05) is 12.8 Å². The van der Waals surface area contributed by atoms with E-state index in [2.05, 4.69) is 5.92 Å². The smallest absolute Gasteiger partial charge is 0.308 e. The summed E-state index contributed by atoms with van der Waals surface area (Å²) in [6.07, 6.45) is 0.450. The van der Waals surface area contributed by atoms with E-state index >= 15 is 0 Å². The van der Waals surface area contributed by atoms with Crippen molar-refractivity contribution in [1.82, 2.24) is 0 Å². The highest BCUT2D eigenvalue weighted by Gasteiger charge is 2.28. The zero-order valence-corrected chi connectivity index (χ0v) is 12.3. The SMILES string of the molecule is CC.CC.NC(=O)COC1CCC#CC(F)(F)CC1. The Balaban J connectivity index is 0. The fourth-order valence-electron chi connectivity index (χ4n) is 1.34. The Hall–Kier alpha value is -1.15. The maximum atomic E-state index is 12.9. The van der Waals surface area contributed by atoms with Gasteiger partial charge in [-0.1, -0.05) is 33.6 Å². The highest BCUT2D eigenvalue weighted by Crippen LogP contribution is 2.24. The minimum absolute atomic E-state index is 0.203. The van der Waals surface area contributed by atoms with Gasteiger partial charge in [0.1, 0.15) is 6.61 Å². The Labute approximate surface area is 114 Å². The molecule has 1 aliphatic carbocycles. The van der Waals surface area contributed by atoms with Gasteiger partial charge in [-0.15, -0.1) is 0 Å². The van der Waals surface area contributed by atoms with E-state index in [0.717, 1.165) is 0 Å². The van der Waals surface area contributed by atoms with Crippen molar-refractivity contribution in [3.8, 4) is 11.8 Å². The molecule has 1 unspecified atom stereocenters. The number of hydrogen-bond donors (Lipinski definition) is 1. The first-order valence-corrected chi connectivity index (χ1v) is 6.77. The molecular weight excluding hydrogens is 252 g/mol. The number of amides is 1. The van der Waals surface area contributed by atoms with Crippen LogP contribution in [-0.4, -0.2) is 24.5 Å². The molecule has 2 N–H and O–H groups in total. The zero-order valence-electron chi connectivity index (χ0n) is 12.3.